The molecule has 0 bridgehead atoms. The molecule has 0 radical (unpaired) electrons. The second kappa shape index (κ2) is 5.21. The van der Waals surface area contributed by atoms with E-state index in [4.69, 9.17) is 10.2 Å². The average Bonchev–Trinajstić information content (AvgIpc) is 3.09. The average molecular weight is 305 g/mol. The quantitative estimate of drug-likeness (QED) is 0.600. The molecule has 0 unspecified atom stereocenters. The summed E-state index contributed by atoms with van der Waals surface area (Å²) < 4.78 is 18.8. The van der Waals surface area contributed by atoms with Gasteiger partial charge in [0, 0.05) is 11.6 Å². The molecule has 0 fully saturated rings. The number of hydrogen-bond acceptors (Lipinski definition) is 4. The first-order chi connectivity index (χ1) is 11.2. The van der Waals surface area contributed by atoms with Crippen LogP contribution in [-0.2, 0) is 0 Å². The van der Waals surface area contributed by atoms with E-state index >= 15 is 0 Å². The first-order valence-corrected chi connectivity index (χ1v) is 7.06. The maximum Gasteiger partial charge on any atom is 0.228 e. The number of fused-ring (bicyclic) bond motifs is 1. The van der Waals surface area contributed by atoms with Gasteiger partial charge < -0.3 is 10.2 Å². The van der Waals surface area contributed by atoms with Crippen molar-refractivity contribution in [3.05, 3.63) is 66.9 Å². The number of rotatable bonds is 2. The van der Waals surface area contributed by atoms with Crippen molar-refractivity contribution >= 4 is 16.6 Å². The number of nitrogen functional groups attached to an aromatic ring is 1. The molecule has 0 aliphatic rings. The second-order valence-corrected chi connectivity index (χ2v) is 5.17. The van der Waals surface area contributed by atoms with Crippen molar-refractivity contribution in [1.82, 2.24) is 9.97 Å². The zero-order chi connectivity index (χ0) is 15.8. The molecule has 23 heavy (non-hydrogen) atoms. The third-order valence-electron chi connectivity index (χ3n) is 3.74. The van der Waals surface area contributed by atoms with Crippen molar-refractivity contribution in [2.75, 3.05) is 5.73 Å². The molecule has 2 N–H and O–H groups in total. The molecule has 4 rings (SSSR count). The van der Waals surface area contributed by atoms with Crippen molar-refractivity contribution in [3.8, 4) is 22.6 Å². The van der Waals surface area contributed by atoms with E-state index in [1.807, 2.05) is 24.3 Å². The van der Waals surface area contributed by atoms with Gasteiger partial charge in [0.25, 0.3) is 0 Å². The summed E-state index contributed by atoms with van der Waals surface area (Å²) in [6.45, 7) is 0. The molecular formula is C18H12FN3O. The number of pyridine rings is 1. The topological polar surface area (TPSA) is 64.9 Å². The van der Waals surface area contributed by atoms with E-state index in [1.165, 1.54) is 18.4 Å². The van der Waals surface area contributed by atoms with Crippen LogP contribution in [-0.4, -0.2) is 9.97 Å². The monoisotopic (exact) mass is 305 g/mol. The lowest BCUT2D eigenvalue weighted by Crippen LogP contribution is -1.94. The van der Waals surface area contributed by atoms with Crippen LogP contribution in [0.2, 0.25) is 0 Å². The maximum atomic E-state index is 13.4. The van der Waals surface area contributed by atoms with E-state index < -0.39 is 0 Å². The summed E-state index contributed by atoms with van der Waals surface area (Å²) in [5.74, 6) is 0.622. The minimum atomic E-state index is -0.276. The van der Waals surface area contributed by atoms with Crippen molar-refractivity contribution in [2.45, 2.75) is 0 Å². The van der Waals surface area contributed by atoms with Crippen LogP contribution in [0.1, 0.15) is 0 Å². The Balaban J connectivity index is 1.94. The van der Waals surface area contributed by atoms with Gasteiger partial charge in [0.15, 0.2) is 0 Å². The van der Waals surface area contributed by atoms with Crippen molar-refractivity contribution in [2.24, 2.45) is 0 Å². The molecule has 0 spiro atoms. The Kier molecular flexibility index (Phi) is 3.05. The van der Waals surface area contributed by atoms with Crippen molar-refractivity contribution in [1.29, 1.82) is 0 Å². The lowest BCUT2D eigenvalue weighted by atomic mass is 9.99. The molecule has 0 amide bonds. The molecule has 2 heterocycles. The van der Waals surface area contributed by atoms with E-state index in [2.05, 4.69) is 9.97 Å². The van der Waals surface area contributed by atoms with Gasteiger partial charge >= 0.3 is 0 Å². The van der Waals surface area contributed by atoms with E-state index in [0.717, 1.165) is 27.5 Å². The minimum absolute atomic E-state index is 0.276. The first kappa shape index (κ1) is 13.5. The fraction of sp³-hybridized carbons (Fsp3) is 0. The number of nitrogens with zero attached hydrogens (tertiary/aromatic N) is 2. The zero-order valence-electron chi connectivity index (χ0n) is 12.0. The molecule has 0 aliphatic heterocycles. The lowest BCUT2D eigenvalue weighted by molar-refractivity contribution is 0.575. The number of benzene rings is 2. The summed E-state index contributed by atoms with van der Waals surface area (Å²) in [5.41, 5.74) is 8.44. The number of aromatic nitrogens is 2. The number of oxazole rings is 1. The van der Waals surface area contributed by atoms with E-state index in [9.17, 15) is 4.39 Å². The van der Waals surface area contributed by atoms with Crippen LogP contribution in [0.3, 0.4) is 0 Å². The molecule has 4 aromatic rings. The minimum Gasteiger partial charge on any atom is -0.444 e. The molecule has 0 atom stereocenters. The highest BCUT2D eigenvalue weighted by atomic mass is 19.1. The summed E-state index contributed by atoms with van der Waals surface area (Å²) in [7, 11) is 0. The Bertz CT molecular complexity index is 997. The largest absolute Gasteiger partial charge is 0.444 e. The Morgan fingerprint density at radius 1 is 0.957 bits per heavy atom. The van der Waals surface area contributed by atoms with Crippen LogP contribution in [0.25, 0.3) is 33.4 Å². The van der Waals surface area contributed by atoms with Crippen LogP contribution in [0.5, 0.6) is 0 Å². The van der Waals surface area contributed by atoms with Gasteiger partial charge in [-0.2, -0.15) is 0 Å². The summed E-state index contributed by atoms with van der Waals surface area (Å²) in [4.78, 5) is 8.38. The molecule has 2 aromatic carbocycles. The summed E-state index contributed by atoms with van der Waals surface area (Å²) >= 11 is 0. The summed E-state index contributed by atoms with van der Waals surface area (Å²) in [6, 6.07) is 12.2. The van der Waals surface area contributed by atoms with Crippen LogP contribution in [0.4, 0.5) is 10.2 Å². The normalized spacial score (nSPS) is 11.0. The Morgan fingerprint density at radius 3 is 2.61 bits per heavy atom. The first-order valence-electron chi connectivity index (χ1n) is 7.06. The molecule has 2 aromatic heterocycles. The van der Waals surface area contributed by atoms with Crippen LogP contribution < -0.4 is 5.73 Å². The molecule has 0 aliphatic carbocycles. The van der Waals surface area contributed by atoms with Crippen LogP contribution in [0, 0.1) is 5.82 Å². The smallest absolute Gasteiger partial charge is 0.228 e. The highest BCUT2D eigenvalue weighted by molar-refractivity contribution is 6.01. The molecule has 112 valence electrons. The van der Waals surface area contributed by atoms with E-state index in [1.54, 1.807) is 18.5 Å². The van der Waals surface area contributed by atoms with Crippen LogP contribution >= 0.6 is 0 Å². The number of hydrogen-bond donors (Lipinski definition) is 1. The van der Waals surface area contributed by atoms with Gasteiger partial charge in [-0.15, -0.1) is 0 Å². The Hall–Kier alpha value is -3.21. The fourth-order valence-corrected chi connectivity index (χ4v) is 2.64. The van der Waals surface area contributed by atoms with Gasteiger partial charge in [-0.1, -0.05) is 24.3 Å². The van der Waals surface area contributed by atoms with Gasteiger partial charge in [0.2, 0.25) is 5.89 Å². The third kappa shape index (κ3) is 2.32. The summed E-state index contributed by atoms with van der Waals surface area (Å²) in [5, 5.41) is 1.67. The standard InChI is InChI=1S/C18H12FN3O/c19-13-3-1-2-11(8-13)12-4-5-14-15(9-12)17(20)22-10-16(14)18-21-6-7-23-18/h1-10H,(H2,20,22). The number of anilines is 1. The number of nitrogens with two attached hydrogens (primary N) is 1. The molecule has 0 saturated carbocycles. The van der Waals surface area contributed by atoms with E-state index in [0.29, 0.717) is 11.7 Å². The predicted octanol–water partition coefficient (Wildman–Crippen LogP) is 4.28. The van der Waals surface area contributed by atoms with Gasteiger partial charge in [0.1, 0.15) is 17.9 Å². The second-order valence-electron chi connectivity index (χ2n) is 5.17. The molecule has 0 saturated heterocycles. The Labute approximate surface area is 131 Å². The van der Waals surface area contributed by atoms with Gasteiger partial charge in [-0.25, -0.2) is 14.4 Å². The van der Waals surface area contributed by atoms with Gasteiger partial charge in [-0.3, -0.25) is 0 Å². The molecular weight excluding hydrogens is 293 g/mol. The lowest BCUT2D eigenvalue weighted by Gasteiger charge is -2.08. The van der Waals surface area contributed by atoms with Gasteiger partial charge in [0.05, 0.1) is 11.8 Å². The molecule has 4 nitrogen and oxygen atoms in total. The van der Waals surface area contributed by atoms with Crippen LogP contribution in [0.15, 0.2) is 65.5 Å². The van der Waals surface area contributed by atoms with E-state index in [-0.39, 0.29) is 5.82 Å². The predicted molar refractivity (Wildman–Crippen MR) is 87.0 cm³/mol. The fourth-order valence-electron chi connectivity index (χ4n) is 2.64. The SMILES string of the molecule is Nc1ncc(-c2ncco2)c2ccc(-c3cccc(F)c3)cc12. The Morgan fingerprint density at radius 2 is 1.83 bits per heavy atom. The number of halogens is 1. The highest BCUT2D eigenvalue weighted by Crippen LogP contribution is 2.33. The third-order valence-corrected chi connectivity index (χ3v) is 3.74. The highest BCUT2D eigenvalue weighted by Gasteiger charge is 2.12. The zero-order valence-corrected chi connectivity index (χ0v) is 12.0. The maximum absolute atomic E-state index is 13.4. The summed E-state index contributed by atoms with van der Waals surface area (Å²) in [6.07, 6.45) is 4.74. The van der Waals surface area contributed by atoms with Crippen molar-refractivity contribution < 1.29 is 8.81 Å². The molecule has 5 heteroatoms. The van der Waals surface area contributed by atoms with Gasteiger partial charge in [-0.05, 0) is 34.7 Å². The van der Waals surface area contributed by atoms with Crippen molar-refractivity contribution in [3.63, 3.8) is 0 Å².